The van der Waals surface area contributed by atoms with Gasteiger partial charge in [-0.05, 0) is 0 Å². The molecule has 1 aliphatic heterocycles. The van der Waals surface area contributed by atoms with Crippen LogP contribution in [0.1, 0.15) is 32.8 Å². The number of esters is 1. The Balaban J connectivity index is 1.67. The van der Waals surface area contributed by atoms with Gasteiger partial charge in [-0.1, -0.05) is 0 Å². The fourth-order valence-electron chi connectivity index (χ4n) is 4.71. The van der Waals surface area contributed by atoms with E-state index >= 15 is 0 Å². The Kier molecular flexibility index (Phi) is 6.46. The molecule has 2 atom stereocenters. The van der Waals surface area contributed by atoms with Crippen molar-refractivity contribution in [2.75, 3.05) is 6.61 Å². The van der Waals surface area contributed by atoms with E-state index in [9.17, 15) is 4.79 Å². The molecule has 32 heavy (non-hydrogen) atoms. The molecule has 0 aromatic heterocycles. The first-order valence-corrected chi connectivity index (χ1v) is 13.8. The van der Waals surface area contributed by atoms with Crippen LogP contribution in [0.4, 0.5) is 0 Å². The van der Waals surface area contributed by atoms with Crippen molar-refractivity contribution in [2.45, 2.75) is 42.6 Å². The first-order chi connectivity index (χ1) is 15.3. The molecule has 1 unspecified atom stereocenters. The quantitative estimate of drug-likeness (QED) is 0.374. The number of benzene rings is 3. The summed E-state index contributed by atoms with van der Waals surface area (Å²) in [5.74, 6) is -0.222. The first-order valence-electron chi connectivity index (χ1n) is 11.0. The van der Waals surface area contributed by atoms with Gasteiger partial charge in [0.1, 0.15) is 0 Å². The van der Waals surface area contributed by atoms with E-state index in [0.29, 0.717) is 13.0 Å². The van der Waals surface area contributed by atoms with Crippen molar-refractivity contribution >= 4 is 40.7 Å². The molecule has 0 bridgehead atoms. The molecule has 1 fully saturated rings. The van der Waals surface area contributed by atoms with Crippen LogP contribution in [0.5, 0.6) is 0 Å². The van der Waals surface area contributed by atoms with E-state index in [-0.39, 0.29) is 17.1 Å². The molecule has 0 spiro atoms. The van der Waals surface area contributed by atoms with Crippen LogP contribution in [0.2, 0.25) is 5.04 Å². The van der Waals surface area contributed by atoms with E-state index in [1.165, 1.54) is 10.4 Å². The molecule has 0 amide bonds. The Morgan fingerprint density at radius 3 is 1.84 bits per heavy atom. The molecule has 1 radical (unpaired) electrons. The van der Waals surface area contributed by atoms with Crippen LogP contribution < -0.4 is 10.4 Å². The van der Waals surface area contributed by atoms with Gasteiger partial charge < -0.3 is 0 Å². The van der Waals surface area contributed by atoms with E-state index in [4.69, 9.17) is 9.16 Å². The monoisotopic (exact) mass is 509 g/mol. The van der Waals surface area contributed by atoms with Crippen LogP contribution >= 0.6 is 0 Å². The molecule has 0 aliphatic carbocycles. The van der Waals surface area contributed by atoms with E-state index in [1.54, 1.807) is 0 Å². The first kappa shape index (κ1) is 23.0. The molecule has 165 valence electrons. The Bertz CT molecular complexity index is 1010. The van der Waals surface area contributed by atoms with Crippen molar-refractivity contribution in [3.63, 3.8) is 0 Å². The third-order valence-corrected chi connectivity index (χ3v) is 12.5. The van der Waals surface area contributed by atoms with Crippen molar-refractivity contribution in [3.8, 4) is 0 Å². The number of carbonyl (C=O) groups is 1. The minimum absolute atomic E-state index is 0.118. The molecule has 0 saturated carbocycles. The number of hydrogen-bond donors (Lipinski definition) is 0. The summed E-state index contributed by atoms with van der Waals surface area (Å²) in [7, 11) is -2.67. The van der Waals surface area contributed by atoms with E-state index in [1.807, 2.05) is 42.5 Å². The molecule has 3 aromatic rings. The molecular formula is C27H29O3SeSi. The Hall–Kier alpha value is -2.17. The fraction of sp³-hybridized carbons (Fsp3) is 0.296. The molecular weight excluding hydrogens is 479 g/mol. The second-order valence-corrected chi connectivity index (χ2v) is 15.2. The molecule has 4 rings (SSSR count). The summed E-state index contributed by atoms with van der Waals surface area (Å²) in [5.41, 5.74) is 0.943. The van der Waals surface area contributed by atoms with Gasteiger partial charge >= 0.3 is 200 Å². The molecule has 3 aromatic carbocycles. The molecule has 1 saturated heterocycles. The fourth-order valence-corrected chi connectivity index (χ4v) is 10.1. The van der Waals surface area contributed by atoms with Crippen molar-refractivity contribution in [2.24, 2.45) is 0 Å². The number of ether oxygens (including phenoxy) is 1. The summed E-state index contributed by atoms with van der Waals surface area (Å²) in [6, 6.07) is 30.9. The van der Waals surface area contributed by atoms with Crippen molar-refractivity contribution in [3.05, 3.63) is 96.6 Å². The van der Waals surface area contributed by atoms with Gasteiger partial charge in [0.15, 0.2) is 0 Å². The maximum absolute atomic E-state index is 12.9. The van der Waals surface area contributed by atoms with Gasteiger partial charge in [-0.25, -0.2) is 0 Å². The second kappa shape index (κ2) is 8.99. The zero-order valence-electron chi connectivity index (χ0n) is 18.8. The van der Waals surface area contributed by atoms with Crippen LogP contribution in [-0.4, -0.2) is 43.0 Å². The van der Waals surface area contributed by atoms with Gasteiger partial charge in [-0.2, -0.15) is 0 Å². The summed E-state index contributed by atoms with van der Waals surface area (Å²) in [5, 5.41) is 2.33. The van der Waals surface area contributed by atoms with Crippen LogP contribution in [0, 0.1) is 0 Å². The molecule has 1 heterocycles. The Morgan fingerprint density at radius 1 is 0.906 bits per heavy atom. The Morgan fingerprint density at radius 2 is 1.38 bits per heavy atom. The maximum atomic E-state index is 12.9. The van der Waals surface area contributed by atoms with Crippen molar-refractivity contribution < 1.29 is 14.0 Å². The second-order valence-electron chi connectivity index (χ2n) is 9.40. The van der Waals surface area contributed by atoms with E-state index < -0.39 is 12.6 Å². The molecule has 1 aliphatic rings. The van der Waals surface area contributed by atoms with Gasteiger partial charge in [0.2, 0.25) is 0 Å². The third-order valence-electron chi connectivity index (χ3n) is 6.26. The average molecular weight is 509 g/mol. The van der Waals surface area contributed by atoms with Gasteiger partial charge in [0.05, 0.1) is 0 Å². The summed E-state index contributed by atoms with van der Waals surface area (Å²) in [4.78, 5) is 12.9. The molecule has 3 nitrogen and oxygen atoms in total. The molecule has 0 N–H and O–H groups in total. The zero-order chi connectivity index (χ0) is 22.8. The standard InChI is InChI=1S/C27H29O3SeSi/c1-26(2,3)32(23-15-9-5-10-16-23,24-17-11-6-12-18-24)29-20-22-19-27(31,25(28)30-22)21-13-7-4-8-14-21/h4-18,22H,19-20H2,1-3H3/t22?,27-/m0/s1. The third kappa shape index (κ3) is 4.11. The van der Waals surface area contributed by atoms with Crippen LogP contribution in [-0.2, 0) is 18.3 Å². The van der Waals surface area contributed by atoms with E-state index in [2.05, 4.69) is 85.3 Å². The average Bonchev–Trinajstić information content (AvgIpc) is 3.10. The van der Waals surface area contributed by atoms with E-state index in [0.717, 1.165) is 5.56 Å². The Labute approximate surface area is 200 Å². The van der Waals surface area contributed by atoms with Crippen molar-refractivity contribution in [1.82, 2.24) is 0 Å². The normalized spacial score (nSPS) is 21.4. The van der Waals surface area contributed by atoms with Crippen LogP contribution in [0.3, 0.4) is 0 Å². The van der Waals surface area contributed by atoms with Gasteiger partial charge in [0, 0.05) is 0 Å². The predicted octanol–water partition coefficient (Wildman–Crippen LogP) is 3.94. The topological polar surface area (TPSA) is 35.5 Å². The van der Waals surface area contributed by atoms with Crippen LogP contribution in [0.25, 0.3) is 0 Å². The number of carbonyl (C=O) groups excluding carboxylic acids is 1. The number of rotatable bonds is 6. The number of cyclic esters (lactones) is 1. The number of hydrogen-bond acceptors (Lipinski definition) is 3. The summed E-state index contributed by atoms with van der Waals surface area (Å²) >= 11 is 3.12. The summed E-state index contributed by atoms with van der Waals surface area (Å²) in [6.07, 6.45) is 0.263. The van der Waals surface area contributed by atoms with Gasteiger partial charge in [-0.15, -0.1) is 0 Å². The van der Waals surface area contributed by atoms with Gasteiger partial charge in [-0.3, -0.25) is 0 Å². The molecule has 5 heteroatoms. The summed E-state index contributed by atoms with van der Waals surface area (Å²) < 4.78 is 12.1. The SMILES string of the molecule is CC(C)(C)[Si](OCC1C[C@]([Se])(c2ccccc2)C(=O)O1)(c1ccccc1)c1ccccc1. The predicted molar refractivity (Wildman–Crippen MR) is 132 cm³/mol. The van der Waals surface area contributed by atoms with Crippen LogP contribution in [0.15, 0.2) is 91.0 Å². The minimum atomic E-state index is -2.67. The zero-order valence-corrected chi connectivity index (χ0v) is 21.5. The summed E-state index contributed by atoms with van der Waals surface area (Å²) in [6.45, 7) is 7.13. The van der Waals surface area contributed by atoms with Crippen molar-refractivity contribution in [1.29, 1.82) is 0 Å². The van der Waals surface area contributed by atoms with Gasteiger partial charge in [0.25, 0.3) is 0 Å².